The van der Waals surface area contributed by atoms with Gasteiger partial charge in [-0.25, -0.2) is 0 Å². The Hall–Kier alpha value is -0.240. The van der Waals surface area contributed by atoms with Gasteiger partial charge in [-0.15, -0.1) is 0 Å². The van der Waals surface area contributed by atoms with Crippen molar-refractivity contribution in [1.82, 2.24) is 0 Å². The lowest BCUT2D eigenvalue weighted by atomic mass is 10.0. The molecule has 5 N–H and O–H groups in total. The van der Waals surface area contributed by atoms with Crippen molar-refractivity contribution in [3.05, 3.63) is 0 Å². The fraction of sp³-hybridized carbons (Fsp3) is 1.00. The van der Waals surface area contributed by atoms with Gasteiger partial charge in [-0.05, 0) is 19.3 Å². The highest BCUT2D eigenvalue weighted by Crippen LogP contribution is 2.16. The highest BCUT2D eigenvalue weighted by atomic mass is 16.6. The van der Waals surface area contributed by atoms with Crippen molar-refractivity contribution in [1.29, 1.82) is 0 Å². The van der Waals surface area contributed by atoms with Crippen LogP contribution < -0.4 is 0 Å². The van der Waals surface area contributed by atoms with E-state index in [2.05, 4.69) is 6.92 Å². The average molecular weight is 308 g/mol. The molecule has 0 radical (unpaired) electrons. The molecular weight excluding hydrogens is 276 g/mol. The Labute approximate surface area is 127 Å². The first-order valence-electron chi connectivity index (χ1n) is 7.96. The van der Waals surface area contributed by atoms with Crippen molar-refractivity contribution in [3.63, 3.8) is 0 Å². The summed E-state index contributed by atoms with van der Waals surface area (Å²) in [6.07, 6.45) is -0.369. The van der Waals surface area contributed by atoms with Gasteiger partial charge in [0.25, 0.3) is 0 Å². The van der Waals surface area contributed by atoms with Crippen LogP contribution in [0.2, 0.25) is 0 Å². The molecule has 0 aromatic heterocycles. The molecule has 5 atom stereocenters. The van der Waals surface area contributed by atoms with Gasteiger partial charge in [-0.2, -0.15) is 0 Å². The summed E-state index contributed by atoms with van der Waals surface area (Å²) in [5.74, 6) is 0. The van der Waals surface area contributed by atoms with Crippen LogP contribution in [-0.4, -0.2) is 62.8 Å². The summed E-state index contributed by atoms with van der Waals surface area (Å²) in [5.41, 5.74) is 0. The molecular formula is C15H32O6. The van der Waals surface area contributed by atoms with Crippen molar-refractivity contribution < 1.29 is 30.3 Å². The van der Waals surface area contributed by atoms with Gasteiger partial charge in [0.05, 0.1) is 12.2 Å². The number of aliphatic hydroxyl groups excluding tert-OH is 5. The second-order valence-corrected chi connectivity index (χ2v) is 5.47. The van der Waals surface area contributed by atoms with Crippen molar-refractivity contribution in [3.8, 4) is 0 Å². The Balaban J connectivity index is 4.19. The second kappa shape index (κ2) is 12.3. The van der Waals surface area contributed by atoms with E-state index < -0.39 is 24.6 Å². The van der Waals surface area contributed by atoms with Gasteiger partial charge in [-0.1, -0.05) is 39.5 Å². The van der Waals surface area contributed by atoms with Gasteiger partial charge in [0.2, 0.25) is 0 Å². The fourth-order valence-corrected chi connectivity index (χ4v) is 2.14. The van der Waals surface area contributed by atoms with E-state index in [1.807, 2.05) is 6.92 Å². The van der Waals surface area contributed by atoms with Crippen molar-refractivity contribution in [2.45, 2.75) is 89.5 Å². The summed E-state index contributed by atoms with van der Waals surface area (Å²) < 4.78 is 5.36. The van der Waals surface area contributed by atoms with Crippen molar-refractivity contribution >= 4 is 0 Å². The lowest BCUT2D eigenvalue weighted by Crippen LogP contribution is -2.46. The highest BCUT2D eigenvalue weighted by Gasteiger charge is 2.31. The smallest absolute Gasteiger partial charge is 0.183 e. The third-order valence-electron chi connectivity index (χ3n) is 3.63. The molecule has 0 saturated carbocycles. The van der Waals surface area contributed by atoms with Crippen LogP contribution in [0, 0.1) is 0 Å². The molecule has 0 heterocycles. The van der Waals surface area contributed by atoms with Crippen LogP contribution in [0.4, 0.5) is 0 Å². The first kappa shape index (κ1) is 20.8. The molecule has 6 nitrogen and oxygen atoms in total. The summed E-state index contributed by atoms with van der Waals surface area (Å²) >= 11 is 0. The second-order valence-electron chi connectivity index (χ2n) is 5.47. The Kier molecular flexibility index (Phi) is 12.2. The van der Waals surface area contributed by atoms with E-state index in [0.717, 1.165) is 32.1 Å². The fourth-order valence-electron chi connectivity index (χ4n) is 2.14. The molecule has 5 unspecified atom stereocenters. The first-order chi connectivity index (χ1) is 9.97. The Morgan fingerprint density at radius 2 is 1.52 bits per heavy atom. The van der Waals surface area contributed by atoms with Gasteiger partial charge in [0, 0.05) is 6.61 Å². The molecule has 21 heavy (non-hydrogen) atoms. The van der Waals surface area contributed by atoms with E-state index in [1.54, 1.807) is 0 Å². The van der Waals surface area contributed by atoms with Crippen LogP contribution in [0.3, 0.4) is 0 Å². The third kappa shape index (κ3) is 8.70. The quantitative estimate of drug-likeness (QED) is 0.251. The van der Waals surface area contributed by atoms with Crippen LogP contribution in [0.15, 0.2) is 0 Å². The average Bonchev–Trinajstić information content (AvgIpc) is 2.48. The highest BCUT2D eigenvalue weighted by molar-refractivity contribution is 4.77. The van der Waals surface area contributed by atoms with E-state index in [-0.39, 0.29) is 19.1 Å². The monoisotopic (exact) mass is 308 g/mol. The number of ether oxygens (including phenoxy) is 1. The number of hydrogen-bond donors (Lipinski definition) is 5. The van der Waals surface area contributed by atoms with Crippen LogP contribution in [0.1, 0.15) is 58.8 Å². The standard InChI is InChI=1S/C15H32O6/c1-3-5-6-7-8-11(4-2)21-15(20)14(19)13(18)12(17)9-10-16/h11-20H,3-10H2,1-2H3. The molecule has 128 valence electrons. The minimum atomic E-state index is -1.60. The van der Waals surface area contributed by atoms with Crippen molar-refractivity contribution in [2.24, 2.45) is 0 Å². The van der Waals surface area contributed by atoms with Crippen molar-refractivity contribution in [2.75, 3.05) is 6.61 Å². The maximum Gasteiger partial charge on any atom is 0.183 e. The Morgan fingerprint density at radius 1 is 0.857 bits per heavy atom. The summed E-state index contributed by atoms with van der Waals surface area (Å²) in [5, 5.41) is 47.4. The van der Waals surface area contributed by atoms with Crippen LogP contribution in [0.5, 0.6) is 0 Å². The van der Waals surface area contributed by atoms with Gasteiger partial charge < -0.3 is 30.3 Å². The topological polar surface area (TPSA) is 110 Å². The molecule has 0 rings (SSSR count). The minimum Gasteiger partial charge on any atom is -0.396 e. The van der Waals surface area contributed by atoms with Gasteiger partial charge in [0.15, 0.2) is 6.29 Å². The lowest BCUT2D eigenvalue weighted by molar-refractivity contribution is -0.222. The number of hydrogen-bond acceptors (Lipinski definition) is 6. The molecule has 0 aromatic carbocycles. The molecule has 0 bridgehead atoms. The van der Waals surface area contributed by atoms with E-state index in [4.69, 9.17) is 9.84 Å². The zero-order valence-corrected chi connectivity index (χ0v) is 13.2. The summed E-state index contributed by atoms with van der Waals surface area (Å²) in [6, 6.07) is 0. The molecule has 0 amide bonds. The molecule has 6 heteroatoms. The van der Waals surface area contributed by atoms with Gasteiger partial charge >= 0.3 is 0 Å². The lowest BCUT2D eigenvalue weighted by Gasteiger charge is -2.28. The third-order valence-corrected chi connectivity index (χ3v) is 3.63. The molecule has 0 spiro atoms. The molecule has 0 aromatic rings. The largest absolute Gasteiger partial charge is 0.396 e. The van der Waals surface area contributed by atoms with Crippen LogP contribution >= 0.6 is 0 Å². The number of rotatable bonds is 13. The summed E-state index contributed by atoms with van der Waals surface area (Å²) in [7, 11) is 0. The SMILES string of the molecule is CCCCCCC(CC)OC(O)C(O)C(O)C(O)CCO. The van der Waals surface area contributed by atoms with Gasteiger partial charge in [-0.3, -0.25) is 0 Å². The molecule has 0 aliphatic heterocycles. The molecule has 0 aliphatic rings. The minimum absolute atomic E-state index is 0.0703. The van der Waals surface area contributed by atoms with E-state index in [9.17, 15) is 20.4 Å². The number of aliphatic hydroxyl groups is 5. The van der Waals surface area contributed by atoms with Crippen LogP contribution in [0.25, 0.3) is 0 Å². The number of unbranched alkanes of at least 4 members (excludes halogenated alkanes) is 3. The Bertz CT molecular complexity index is 238. The van der Waals surface area contributed by atoms with E-state index in [0.29, 0.717) is 6.42 Å². The van der Waals surface area contributed by atoms with E-state index >= 15 is 0 Å². The molecule has 0 fully saturated rings. The maximum absolute atomic E-state index is 9.80. The predicted octanol–water partition coefficient (Wildman–Crippen LogP) is 0.535. The maximum atomic E-state index is 9.80. The summed E-state index contributed by atoms with van der Waals surface area (Å²) in [6.45, 7) is 3.75. The predicted molar refractivity (Wildman–Crippen MR) is 79.7 cm³/mol. The normalized spacial score (nSPS) is 19.0. The van der Waals surface area contributed by atoms with Crippen LogP contribution in [-0.2, 0) is 4.74 Å². The zero-order chi connectivity index (χ0) is 16.3. The summed E-state index contributed by atoms with van der Waals surface area (Å²) in [4.78, 5) is 0. The van der Waals surface area contributed by atoms with E-state index in [1.165, 1.54) is 0 Å². The Morgan fingerprint density at radius 3 is 2.05 bits per heavy atom. The first-order valence-corrected chi connectivity index (χ1v) is 7.96. The molecule has 0 aliphatic carbocycles. The zero-order valence-electron chi connectivity index (χ0n) is 13.2. The molecule has 0 saturated heterocycles. The van der Waals surface area contributed by atoms with Gasteiger partial charge in [0.1, 0.15) is 12.2 Å².